The molecule has 0 aliphatic rings. The van der Waals surface area contributed by atoms with E-state index in [1.54, 1.807) is 12.3 Å². The molecule has 0 aromatic carbocycles. The Labute approximate surface area is 119 Å². The van der Waals surface area contributed by atoms with E-state index >= 15 is 0 Å². The Bertz CT molecular complexity index is 699. The van der Waals surface area contributed by atoms with Gasteiger partial charge < -0.3 is 14.3 Å². The molecule has 1 amide bonds. The van der Waals surface area contributed by atoms with Crippen LogP contribution in [0.2, 0.25) is 0 Å². The SMILES string of the molecule is Cc1nc(-n2cccc2)sc1C(=O)NCc1ccco1. The molecule has 0 saturated carbocycles. The fourth-order valence-electron chi connectivity index (χ4n) is 1.83. The highest BCUT2D eigenvalue weighted by Crippen LogP contribution is 2.21. The molecule has 6 heteroatoms. The van der Waals surface area contributed by atoms with E-state index in [1.165, 1.54) is 11.3 Å². The minimum atomic E-state index is -0.130. The number of thiazole rings is 1. The summed E-state index contributed by atoms with van der Waals surface area (Å²) in [5.41, 5.74) is 0.732. The van der Waals surface area contributed by atoms with Crippen molar-refractivity contribution in [1.29, 1.82) is 0 Å². The average Bonchev–Trinajstić information content (AvgIpc) is 3.17. The highest BCUT2D eigenvalue weighted by atomic mass is 32.1. The summed E-state index contributed by atoms with van der Waals surface area (Å²) in [6, 6.07) is 7.47. The summed E-state index contributed by atoms with van der Waals surface area (Å²) in [7, 11) is 0. The Balaban J connectivity index is 1.75. The van der Waals surface area contributed by atoms with Gasteiger partial charge in [-0.1, -0.05) is 11.3 Å². The lowest BCUT2D eigenvalue weighted by molar-refractivity contribution is 0.0951. The predicted octanol–water partition coefficient (Wildman–Crippen LogP) is 2.77. The van der Waals surface area contributed by atoms with E-state index in [1.807, 2.05) is 42.1 Å². The maximum atomic E-state index is 12.2. The monoisotopic (exact) mass is 287 g/mol. The summed E-state index contributed by atoms with van der Waals surface area (Å²) < 4.78 is 7.07. The molecule has 0 unspecified atom stereocenters. The third-order valence-corrected chi connectivity index (χ3v) is 3.99. The Morgan fingerprint density at radius 1 is 1.40 bits per heavy atom. The van der Waals surface area contributed by atoms with Gasteiger partial charge in [-0.15, -0.1) is 0 Å². The van der Waals surface area contributed by atoms with Gasteiger partial charge in [0.15, 0.2) is 5.13 Å². The standard InChI is InChI=1S/C14H13N3O2S/c1-10-12(13(18)15-9-11-5-4-8-19-11)20-14(16-10)17-6-2-3-7-17/h2-8H,9H2,1H3,(H,15,18). The molecule has 0 atom stereocenters. The van der Waals surface area contributed by atoms with Gasteiger partial charge >= 0.3 is 0 Å². The summed E-state index contributed by atoms with van der Waals surface area (Å²) in [5.74, 6) is 0.598. The Morgan fingerprint density at radius 2 is 2.20 bits per heavy atom. The smallest absolute Gasteiger partial charge is 0.263 e. The van der Waals surface area contributed by atoms with Gasteiger partial charge in [0.25, 0.3) is 5.91 Å². The maximum absolute atomic E-state index is 12.2. The number of hydrogen-bond donors (Lipinski definition) is 1. The van der Waals surface area contributed by atoms with Crippen molar-refractivity contribution in [3.63, 3.8) is 0 Å². The summed E-state index contributed by atoms with van der Waals surface area (Å²) in [6.45, 7) is 2.22. The van der Waals surface area contributed by atoms with E-state index < -0.39 is 0 Å². The number of nitrogens with one attached hydrogen (secondary N) is 1. The zero-order valence-electron chi connectivity index (χ0n) is 10.9. The van der Waals surface area contributed by atoms with Crippen molar-refractivity contribution >= 4 is 17.2 Å². The molecule has 3 aromatic rings. The van der Waals surface area contributed by atoms with Crippen LogP contribution in [0.1, 0.15) is 21.1 Å². The van der Waals surface area contributed by atoms with Crippen LogP contribution >= 0.6 is 11.3 Å². The van der Waals surface area contributed by atoms with Crippen LogP contribution in [0, 0.1) is 6.92 Å². The number of aromatic nitrogens is 2. The van der Waals surface area contributed by atoms with Crippen molar-refractivity contribution in [3.8, 4) is 5.13 Å². The number of rotatable bonds is 4. The Kier molecular flexibility index (Phi) is 3.39. The van der Waals surface area contributed by atoms with Crippen molar-refractivity contribution in [2.75, 3.05) is 0 Å². The molecule has 5 nitrogen and oxygen atoms in total. The number of carbonyl (C=O) groups is 1. The van der Waals surface area contributed by atoms with Gasteiger partial charge in [0.05, 0.1) is 18.5 Å². The first-order valence-electron chi connectivity index (χ1n) is 6.15. The second kappa shape index (κ2) is 5.34. The van der Waals surface area contributed by atoms with Crippen LogP contribution in [-0.2, 0) is 6.54 Å². The molecule has 0 spiro atoms. The van der Waals surface area contributed by atoms with Gasteiger partial charge in [-0.05, 0) is 31.2 Å². The number of nitrogens with zero attached hydrogens (tertiary/aromatic N) is 2. The van der Waals surface area contributed by atoms with Crippen molar-refractivity contribution in [2.45, 2.75) is 13.5 Å². The molecule has 0 aliphatic heterocycles. The highest BCUT2D eigenvalue weighted by molar-refractivity contribution is 7.16. The average molecular weight is 287 g/mol. The Morgan fingerprint density at radius 3 is 2.90 bits per heavy atom. The van der Waals surface area contributed by atoms with Crippen LogP contribution in [0.15, 0.2) is 47.3 Å². The van der Waals surface area contributed by atoms with Crippen molar-refractivity contribution < 1.29 is 9.21 Å². The topological polar surface area (TPSA) is 60.1 Å². The van der Waals surface area contributed by atoms with Crippen LogP contribution in [0.3, 0.4) is 0 Å². The van der Waals surface area contributed by atoms with Crippen LogP contribution < -0.4 is 5.32 Å². The van der Waals surface area contributed by atoms with E-state index in [4.69, 9.17) is 4.42 Å². The number of aryl methyl sites for hydroxylation is 1. The molecule has 3 heterocycles. The van der Waals surface area contributed by atoms with Gasteiger partial charge in [0.2, 0.25) is 0 Å². The number of furan rings is 1. The van der Waals surface area contributed by atoms with Crippen molar-refractivity contribution in [2.24, 2.45) is 0 Å². The quantitative estimate of drug-likeness (QED) is 0.802. The van der Waals surface area contributed by atoms with Gasteiger partial charge in [-0.3, -0.25) is 4.79 Å². The van der Waals surface area contributed by atoms with E-state index in [-0.39, 0.29) is 5.91 Å². The van der Waals surface area contributed by atoms with Crippen LogP contribution in [0.5, 0.6) is 0 Å². The first kappa shape index (κ1) is 12.7. The number of carbonyl (C=O) groups excluding carboxylic acids is 1. The van der Waals surface area contributed by atoms with E-state index in [9.17, 15) is 4.79 Å². The maximum Gasteiger partial charge on any atom is 0.263 e. The lowest BCUT2D eigenvalue weighted by Gasteiger charge is -2.01. The van der Waals surface area contributed by atoms with Crippen LogP contribution in [0.25, 0.3) is 5.13 Å². The minimum Gasteiger partial charge on any atom is -0.467 e. The summed E-state index contributed by atoms with van der Waals surface area (Å²) >= 11 is 1.37. The second-order valence-electron chi connectivity index (χ2n) is 4.26. The summed E-state index contributed by atoms with van der Waals surface area (Å²) in [5, 5.41) is 3.62. The third-order valence-electron chi connectivity index (χ3n) is 2.82. The molecule has 0 saturated heterocycles. The largest absolute Gasteiger partial charge is 0.467 e. The molecule has 102 valence electrons. The molecule has 0 aliphatic carbocycles. The highest BCUT2D eigenvalue weighted by Gasteiger charge is 2.15. The molecule has 3 aromatic heterocycles. The second-order valence-corrected chi connectivity index (χ2v) is 5.24. The number of hydrogen-bond acceptors (Lipinski definition) is 4. The van der Waals surface area contributed by atoms with Gasteiger partial charge in [0.1, 0.15) is 10.6 Å². The number of amides is 1. The predicted molar refractivity (Wildman–Crippen MR) is 76.1 cm³/mol. The fourth-order valence-corrected chi connectivity index (χ4v) is 2.78. The fraction of sp³-hybridized carbons (Fsp3) is 0.143. The third kappa shape index (κ3) is 2.50. The zero-order valence-corrected chi connectivity index (χ0v) is 11.7. The Hall–Kier alpha value is -2.34. The van der Waals surface area contributed by atoms with Gasteiger partial charge in [0, 0.05) is 12.4 Å². The van der Waals surface area contributed by atoms with Crippen molar-refractivity contribution in [1.82, 2.24) is 14.9 Å². The molecule has 0 radical (unpaired) electrons. The van der Waals surface area contributed by atoms with Gasteiger partial charge in [-0.25, -0.2) is 4.98 Å². The molecule has 0 bridgehead atoms. The van der Waals surface area contributed by atoms with E-state index in [0.717, 1.165) is 16.6 Å². The molecule has 0 fully saturated rings. The van der Waals surface area contributed by atoms with Crippen LogP contribution in [-0.4, -0.2) is 15.5 Å². The zero-order chi connectivity index (χ0) is 13.9. The van der Waals surface area contributed by atoms with E-state index in [2.05, 4.69) is 10.3 Å². The lowest BCUT2D eigenvalue weighted by Crippen LogP contribution is -2.22. The van der Waals surface area contributed by atoms with E-state index in [0.29, 0.717) is 11.4 Å². The summed E-state index contributed by atoms with van der Waals surface area (Å²) in [6.07, 6.45) is 5.40. The lowest BCUT2D eigenvalue weighted by atomic mass is 10.3. The summed E-state index contributed by atoms with van der Waals surface area (Å²) in [4.78, 5) is 17.2. The van der Waals surface area contributed by atoms with Crippen molar-refractivity contribution in [3.05, 3.63) is 59.3 Å². The minimum absolute atomic E-state index is 0.130. The molecular weight excluding hydrogens is 274 g/mol. The normalized spacial score (nSPS) is 10.7. The van der Waals surface area contributed by atoms with Gasteiger partial charge in [-0.2, -0.15) is 0 Å². The molecular formula is C14H13N3O2S. The molecule has 1 N–H and O–H groups in total. The van der Waals surface area contributed by atoms with Crippen LogP contribution in [0.4, 0.5) is 0 Å². The first-order chi connectivity index (χ1) is 9.74. The first-order valence-corrected chi connectivity index (χ1v) is 6.97. The molecule has 3 rings (SSSR count). The molecule has 20 heavy (non-hydrogen) atoms.